The van der Waals surface area contributed by atoms with Gasteiger partial charge >= 0.3 is 0 Å². The van der Waals surface area contributed by atoms with E-state index in [0.717, 1.165) is 26.2 Å². The molecule has 1 aliphatic rings. The van der Waals surface area contributed by atoms with Crippen LogP contribution in [0.1, 0.15) is 26.7 Å². The first kappa shape index (κ1) is 14.4. The van der Waals surface area contributed by atoms with Gasteiger partial charge in [-0.25, -0.2) is 0 Å². The lowest BCUT2D eigenvalue weighted by Crippen LogP contribution is -2.59. The number of nitrogens with two attached hydrogens (primary N) is 1. The van der Waals surface area contributed by atoms with Crippen LogP contribution in [0.5, 0.6) is 0 Å². The first-order valence-electron chi connectivity index (χ1n) is 6.49. The van der Waals surface area contributed by atoms with Crippen molar-refractivity contribution in [3.8, 4) is 0 Å². The van der Waals surface area contributed by atoms with Gasteiger partial charge in [0.05, 0.1) is 12.1 Å². The SMILES string of the molecule is CCC(N)(CC)C(=O)N1CCN(CCO)CC1. The summed E-state index contributed by atoms with van der Waals surface area (Å²) in [5.41, 5.74) is 5.42. The standard InChI is InChI=1S/C12H25N3O2/c1-3-12(13,4-2)11(17)15-7-5-14(6-8-15)9-10-16/h16H,3-10,13H2,1-2H3. The second-order valence-corrected chi connectivity index (χ2v) is 4.72. The highest BCUT2D eigenvalue weighted by molar-refractivity contribution is 5.86. The van der Waals surface area contributed by atoms with Gasteiger partial charge < -0.3 is 15.7 Å². The van der Waals surface area contributed by atoms with Gasteiger partial charge in [-0.05, 0) is 12.8 Å². The molecule has 1 saturated heterocycles. The van der Waals surface area contributed by atoms with Crippen molar-refractivity contribution in [2.45, 2.75) is 32.2 Å². The molecule has 1 rings (SSSR count). The van der Waals surface area contributed by atoms with E-state index in [2.05, 4.69) is 4.90 Å². The predicted octanol–water partition coefficient (Wildman–Crippen LogP) is -0.360. The van der Waals surface area contributed by atoms with Crippen LogP contribution < -0.4 is 5.73 Å². The van der Waals surface area contributed by atoms with Crippen LogP contribution in [0.25, 0.3) is 0 Å². The predicted molar refractivity (Wildman–Crippen MR) is 67.6 cm³/mol. The second-order valence-electron chi connectivity index (χ2n) is 4.72. The molecule has 0 radical (unpaired) electrons. The Bertz CT molecular complexity index is 246. The van der Waals surface area contributed by atoms with E-state index in [1.54, 1.807) is 0 Å². The molecular formula is C12H25N3O2. The third-order valence-corrected chi connectivity index (χ3v) is 3.76. The Morgan fingerprint density at radius 3 is 2.18 bits per heavy atom. The maximum atomic E-state index is 12.3. The van der Waals surface area contributed by atoms with Crippen LogP contribution >= 0.6 is 0 Å². The average Bonchev–Trinajstić information content (AvgIpc) is 2.38. The summed E-state index contributed by atoms with van der Waals surface area (Å²) in [7, 11) is 0. The zero-order chi connectivity index (χ0) is 12.9. The summed E-state index contributed by atoms with van der Waals surface area (Å²) in [5, 5.41) is 8.86. The highest BCUT2D eigenvalue weighted by Crippen LogP contribution is 2.16. The Balaban J connectivity index is 2.51. The van der Waals surface area contributed by atoms with E-state index in [1.807, 2.05) is 18.7 Å². The van der Waals surface area contributed by atoms with E-state index < -0.39 is 5.54 Å². The molecule has 1 fully saturated rings. The van der Waals surface area contributed by atoms with Gasteiger partial charge in [0.1, 0.15) is 0 Å². The molecule has 1 amide bonds. The molecule has 3 N–H and O–H groups in total. The Kier molecular flexibility index (Phi) is 5.36. The van der Waals surface area contributed by atoms with Crippen LogP contribution in [-0.4, -0.2) is 65.7 Å². The molecule has 0 aromatic carbocycles. The van der Waals surface area contributed by atoms with Crippen LogP contribution in [-0.2, 0) is 4.79 Å². The van der Waals surface area contributed by atoms with Gasteiger partial charge in [0.15, 0.2) is 0 Å². The number of nitrogens with zero attached hydrogens (tertiary/aromatic N) is 2. The first-order valence-corrected chi connectivity index (χ1v) is 6.49. The maximum absolute atomic E-state index is 12.3. The fraction of sp³-hybridized carbons (Fsp3) is 0.917. The number of hydrogen-bond acceptors (Lipinski definition) is 4. The summed E-state index contributed by atoms with van der Waals surface area (Å²) in [6.07, 6.45) is 1.36. The third-order valence-electron chi connectivity index (χ3n) is 3.76. The van der Waals surface area contributed by atoms with Crippen LogP contribution in [0.15, 0.2) is 0 Å². The molecule has 0 atom stereocenters. The van der Waals surface area contributed by atoms with Gasteiger partial charge in [0.2, 0.25) is 5.91 Å². The summed E-state index contributed by atoms with van der Waals surface area (Å²) in [4.78, 5) is 16.3. The number of carbonyl (C=O) groups excluding carboxylic acids is 1. The fourth-order valence-electron chi connectivity index (χ4n) is 2.18. The molecule has 0 unspecified atom stereocenters. The Morgan fingerprint density at radius 1 is 1.24 bits per heavy atom. The fourth-order valence-corrected chi connectivity index (χ4v) is 2.18. The molecular weight excluding hydrogens is 218 g/mol. The number of carbonyl (C=O) groups is 1. The number of aliphatic hydroxyl groups excluding tert-OH is 1. The zero-order valence-corrected chi connectivity index (χ0v) is 11.0. The Labute approximate surface area is 104 Å². The van der Waals surface area contributed by atoms with Gasteiger partial charge in [0, 0.05) is 32.7 Å². The number of rotatable bonds is 5. The monoisotopic (exact) mass is 243 g/mol. The molecule has 5 heteroatoms. The number of β-amino-alcohol motifs (C(OH)–C–C–N with tert-alkyl or cyclic N) is 1. The molecule has 0 aromatic heterocycles. The lowest BCUT2D eigenvalue weighted by molar-refractivity contribution is -0.139. The number of hydrogen-bond donors (Lipinski definition) is 2. The van der Waals surface area contributed by atoms with Crippen molar-refractivity contribution in [2.24, 2.45) is 5.73 Å². The van der Waals surface area contributed by atoms with Crippen molar-refractivity contribution >= 4 is 5.91 Å². The van der Waals surface area contributed by atoms with Gasteiger partial charge in [-0.1, -0.05) is 13.8 Å². The third kappa shape index (κ3) is 3.40. The van der Waals surface area contributed by atoms with Crippen molar-refractivity contribution in [1.29, 1.82) is 0 Å². The minimum Gasteiger partial charge on any atom is -0.395 e. The Hall–Kier alpha value is -0.650. The number of aliphatic hydroxyl groups is 1. The number of piperazine rings is 1. The summed E-state index contributed by atoms with van der Waals surface area (Å²) < 4.78 is 0. The highest BCUT2D eigenvalue weighted by Gasteiger charge is 2.35. The second kappa shape index (κ2) is 6.33. The lowest BCUT2D eigenvalue weighted by atomic mass is 9.92. The van der Waals surface area contributed by atoms with Crippen molar-refractivity contribution in [3.05, 3.63) is 0 Å². The smallest absolute Gasteiger partial charge is 0.242 e. The minimum absolute atomic E-state index is 0.0751. The average molecular weight is 243 g/mol. The largest absolute Gasteiger partial charge is 0.395 e. The maximum Gasteiger partial charge on any atom is 0.242 e. The van der Waals surface area contributed by atoms with Gasteiger partial charge in [-0.2, -0.15) is 0 Å². The van der Waals surface area contributed by atoms with E-state index >= 15 is 0 Å². The zero-order valence-electron chi connectivity index (χ0n) is 11.0. The van der Waals surface area contributed by atoms with Gasteiger partial charge in [-0.3, -0.25) is 9.69 Å². The molecule has 1 heterocycles. The number of amides is 1. The van der Waals surface area contributed by atoms with Crippen molar-refractivity contribution in [1.82, 2.24) is 9.80 Å². The molecule has 17 heavy (non-hydrogen) atoms. The van der Waals surface area contributed by atoms with Crippen LogP contribution in [0, 0.1) is 0 Å². The van der Waals surface area contributed by atoms with E-state index in [-0.39, 0.29) is 12.5 Å². The highest BCUT2D eigenvalue weighted by atomic mass is 16.3. The van der Waals surface area contributed by atoms with E-state index in [0.29, 0.717) is 19.4 Å². The normalized spacial score (nSPS) is 18.5. The van der Waals surface area contributed by atoms with Crippen LogP contribution in [0.2, 0.25) is 0 Å². The summed E-state index contributed by atoms with van der Waals surface area (Å²) >= 11 is 0. The van der Waals surface area contributed by atoms with E-state index in [9.17, 15) is 4.79 Å². The quantitative estimate of drug-likeness (QED) is 0.692. The summed E-state index contributed by atoms with van der Waals surface area (Å²) in [6, 6.07) is 0. The molecule has 0 aromatic rings. The molecule has 0 aliphatic carbocycles. The van der Waals surface area contributed by atoms with Gasteiger partial charge in [0.25, 0.3) is 0 Å². The molecule has 0 saturated carbocycles. The van der Waals surface area contributed by atoms with E-state index in [4.69, 9.17) is 10.8 Å². The summed E-state index contributed by atoms with van der Waals surface area (Å²) in [5.74, 6) is 0.0751. The topological polar surface area (TPSA) is 69.8 Å². The molecule has 0 spiro atoms. The van der Waals surface area contributed by atoms with Crippen molar-refractivity contribution in [3.63, 3.8) is 0 Å². The van der Waals surface area contributed by atoms with Gasteiger partial charge in [-0.15, -0.1) is 0 Å². The van der Waals surface area contributed by atoms with Crippen LogP contribution in [0.3, 0.4) is 0 Å². The molecule has 5 nitrogen and oxygen atoms in total. The molecule has 100 valence electrons. The first-order chi connectivity index (χ1) is 8.07. The molecule has 1 aliphatic heterocycles. The van der Waals surface area contributed by atoms with Crippen LogP contribution in [0.4, 0.5) is 0 Å². The Morgan fingerprint density at radius 2 is 1.76 bits per heavy atom. The van der Waals surface area contributed by atoms with Crippen molar-refractivity contribution in [2.75, 3.05) is 39.3 Å². The molecule has 0 bridgehead atoms. The summed E-state index contributed by atoms with van der Waals surface area (Å²) in [6.45, 7) is 7.89. The minimum atomic E-state index is -0.695. The lowest BCUT2D eigenvalue weighted by Gasteiger charge is -2.39. The van der Waals surface area contributed by atoms with Crippen molar-refractivity contribution < 1.29 is 9.90 Å². The van der Waals surface area contributed by atoms with E-state index in [1.165, 1.54) is 0 Å².